The van der Waals surface area contributed by atoms with Gasteiger partial charge in [0.2, 0.25) is 0 Å². The van der Waals surface area contributed by atoms with Crippen LogP contribution in [0.1, 0.15) is 38.4 Å². The molecule has 2 heterocycles. The van der Waals surface area contributed by atoms with Crippen LogP contribution in [0.4, 0.5) is 4.39 Å². The Morgan fingerprint density at radius 3 is 2.52 bits per heavy atom. The molecule has 1 N–H and O–H groups in total. The number of halogens is 2. The van der Waals surface area contributed by atoms with E-state index in [4.69, 9.17) is 9.73 Å². The van der Waals surface area contributed by atoms with Crippen molar-refractivity contribution in [2.45, 2.75) is 38.9 Å². The minimum Gasteiger partial charge on any atom is -0.367 e. The maximum atomic E-state index is 13.3. The minimum absolute atomic E-state index is 0. The number of nitrogens with one attached hydrogen (secondary N) is 1. The average molecular weight is 548 g/mol. The molecule has 1 aromatic carbocycles. The van der Waals surface area contributed by atoms with Gasteiger partial charge in [-0.3, -0.25) is 4.99 Å². The van der Waals surface area contributed by atoms with Crippen molar-refractivity contribution >= 4 is 29.9 Å². The van der Waals surface area contributed by atoms with Gasteiger partial charge in [-0.05, 0) is 58.0 Å². The fourth-order valence-electron chi connectivity index (χ4n) is 4.12. The second-order valence-corrected chi connectivity index (χ2v) is 8.48. The molecule has 2 fully saturated rings. The van der Waals surface area contributed by atoms with E-state index in [-0.39, 0.29) is 42.0 Å². The van der Waals surface area contributed by atoms with Gasteiger partial charge in [0.15, 0.2) is 5.96 Å². The number of rotatable bonds is 7. The molecule has 3 rings (SSSR count). The van der Waals surface area contributed by atoms with Crippen molar-refractivity contribution in [2.75, 3.05) is 66.0 Å². The van der Waals surface area contributed by atoms with Crippen molar-refractivity contribution in [1.82, 2.24) is 20.0 Å². The standard InChI is InChI=1S/C23H38FN5O.HI/c1-4-25-23(26-11-5-6-12-28-15-13-27(3)14-16-28)29-17-19(2)30-22(18-29)20-7-9-21(24)10-8-20;/h7-10,19,22H,4-6,11-18H2,1-3H3,(H,25,26);1H. The topological polar surface area (TPSA) is 43.3 Å². The maximum Gasteiger partial charge on any atom is 0.194 e. The van der Waals surface area contributed by atoms with Gasteiger partial charge in [-0.15, -0.1) is 24.0 Å². The van der Waals surface area contributed by atoms with Crippen LogP contribution in [0.2, 0.25) is 0 Å². The highest BCUT2D eigenvalue weighted by atomic mass is 127. The summed E-state index contributed by atoms with van der Waals surface area (Å²) < 4.78 is 19.4. The second kappa shape index (κ2) is 13.5. The number of unbranched alkanes of at least 4 members (excludes halogenated alkanes) is 1. The molecule has 2 atom stereocenters. The molecule has 176 valence electrons. The Hall–Kier alpha value is -0.970. The molecular weight excluding hydrogens is 508 g/mol. The first kappa shape index (κ1) is 26.3. The van der Waals surface area contributed by atoms with Crippen LogP contribution in [0.25, 0.3) is 0 Å². The number of ether oxygens (including phenoxy) is 1. The Morgan fingerprint density at radius 1 is 1.13 bits per heavy atom. The zero-order valence-electron chi connectivity index (χ0n) is 19.2. The summed E-state index contributed by atoms with van der Waals surface area (Å²) >= 11 is 0. The molecule has 0 aromatic heterocycles. The first-order valence-electron chi connectivity index (χ1n) is 11.4. The summed E-state index contributed by atoms with van der Waals surface area (Å²) in [6.45, 7) is 13.3. The molecule has 0 aliphatic carbocycles. The minimum atomic E-state index is -0.217. The SMILES string of the molecule is CCNC(=NCCCCN1CCN(C)CC1)N1CC(C)OC(c2ccc(F)cc2)C1.I. The smallest absolute Gasteiger partial charge is 0.194 e. The number of hydrogen-bond donors (Lipinski definition) is 1. The quantitative estimate of drug-likeness (QED) is 0.246. The lowest BCUT2D eigenvalue weighted by Gasteiger charge is -2.38. The van der Waals surface area contributed by atoms with Gasteiger partial charge < -0.3 is 24.8 Å². The van der Waals surface area contributed by atoms with E-state index in [0.29, 0.717) is 0 Å². The van der Waals surface area contributed by atoms with Crippen molar-refractivity contribution < 1.29 is 9.13 Å². The van der Waals surface area contributed by atoms with Crippen molar-refractivity contribution in [3.63, 3.8) is 0 Å². The van der Waals surface area contributed by atoms with Crippen LogP contribution in [0.3, 0.4) is 0 Å². The van der Waals surface area contributed by atoms with Crippen LogP contribution < -0.4 is 5.32 Å². The number of benzene rings is 1. The molecule has 0 saturated carbocycles. The average Bonchev–Trinajstić information content (AvgIpc) is 2.74. The van der Waals surface area contributed by atoms with Crippen molar-refractivity contribution in [1.29, 1.82) is 0 Å². The van der Waals surface area contributed by atoms with E-state index in [0.717, 1.165) is 44.1 Å². The zero-order chi connectivity index (χ0) is 21.3. The van der Waals surface area contributed by atoms with Crippen LogP contribution in [0, 0.1) is 5.82 Å². The third-order valence-corrected chi connectivity index (χ3v) is 5.88. The Labute approximate surface area is 204 Å². The lowest BCUT2D eigenvalue weighted by Crippen LogP contribution is -2.50. The van der Waals surface area contributed by atoms with Gasteiger partial charge in [0.25, 0.3) is 0 Å². The number of nitrogens with zero attached hydrogens (tertiary/aromatic N) is 4. The van der Waals surface area contributed by atoms with E-state index in [1.54, 1.807) is 0 Å². The van der Waals surface area contributed by atoms with Gasteiger partial charge in [0.05, 0.1) is 12.6 Å². The molecule has 8 heteroatoms. The fraction of sp³-hybridized carbons (Fsp3) is 0.696. The molecule has 2 saturated heterocycles. The fourth-order valence-corrected chi connectivity index (χ4v) is 4.12. The first-order chi connectivity index (χ1) is 14.5. The van der Waals surface area contributed by atoms with E-state index in [2.05, 4.69) is 40.9 Å². The lowest BCUT2D eigenvalue weighted by atomic mass is 10.1. The van der Waals surface area contributed by atoms with Gasteiger partial charge >= 0.3 is 0 Å². The highest BCUT2D eigenvalue weighted by Gasteiger charge is 2.28. The molecule has 31 heavy (non-hydrogen) atoms. The van der Waals surface area contributed by atoms with Gasteiger partial charge in [0.1, 0.15) is 11.9 Å². The van der Waals surface area contributed by atoms with E-state index in [1.807, 2.05) is 12.1 Å². The molecule has 6 nitrogen and oxygen atoms in total. The molecule has 2 aliphatic heterocycles. The normalized spacial score (nSPS) is 23.5. The highest BCUT2D eigenvalue weighted by molar-refractivity contribution is 14.0. The van der Waals surface area contributed by atoms with Crippen LogP contribution in [-0.2, 0) is 4.74 Å². The van der Waals surface area contributed by atoms with E-state index < -0.39 is 0 Å². The Bertz CT molecular complexity index is 666. The molecule has 0 bridgehead atoms. The molecular formula is C23H39FIN5O. The van der Waals surface area contributed by atoms with Crippen molar-refractivity contribution in [3.8, 4) is 0 Å². The summed E-state index contributed by atoms with van der Waals surface area (Å²) in [6.07, 6.45) is 2.30. The summed E-state index contributed by atoms with van der Waals surface area (Å²) in [5, 5.41) is 3.44. The maximum absolute atomic E-state index is 13.3. The summed E-state index contributed by atoms with van der Waals surface area (Å²) in [5.41, 5.74) is 1.01. The first-order valence-corrected chi connectivity index (χ1v) is 11.4. The van der Waals surface area contributed by atoms with Crippen LogP contribution in [-0.4, -0.2) is 92.7 Å². The highest BCUT2D eigenvalue weighted by Crippen LogP contribution is 2.25. The Balaban J connectivity index is 0.00000341. The number of guanidine groups is 1. The Morgan fingerprint density at radius 2 is 1.84 bits per heavy atom. The third-order valence-electron chi connectivity index (χ3n) is 5.88. The van der Waals surface area contributed by atoms with Crippen LogP contribution in [0.5, 0.6) is 0 Å². The second-order valence-electron chi connectivity index (χ2n) is 8.48. The molecule has 0 radical (unpaired) electrons. The van der Waals surface area contributed by atoms with E-state index in [9.17, 15) is 4.39 Å². The summed E-state index contributed by atoms with van der Waals surface area (Å²) in [5.74, 6) is 0.741. The van der Waals surface area contributed by atoms with E-state index in [1.165, 1.54) is 51.3 Å². The van der Waals surface area contributed by atoms with Crippen molar-refractivity contribution in [3.05, 3.63) is 35.6 Å². The van der Waals surface area contributed by atoms with E-state index >= 15 is 0 Å². The van der Waals surface area contributed by atoms with Gasteiger partial charge in [0, 0.05) is 45.8 Å². The van der Waals surface area contributed by atoms with Crippen LogP contribution in [0.15, 0.2) is 29.3 Å². The molecule has 2 aliphatic rings. The van der Waals surface area contributed by atoms with Gasteiger partial charge in [-0.1, -0.05) is 12.1 Å². The lowest BCUT2D eigenvalue weighted by molar-refractivity contribution is -0.0605. The molecule has 0 amide bonds. The molecule has 1 aromatic rings. The summed E-state index contributed by atoms with van der Waals surface area (Å²) in [4.78, 5) is 12.1. The van der Waals surface area contributed by atoms with Gasteiger partial charge in [-0.2, -0.15) is 0 Å². The predicted molar refractivity (Wildman–Crippen MR) is 136 cm³/mol. The monoisotopic (exact) mass is 547 g/mol. The number of morpholine rings is 1. The predicted octanol–water partition coefficient (Wildman–Crippen LogP) is 3.20. The summed E-state index contributed by atoms with van der Waals surface area (Å²) in [7, 11) is 2.20. The number of likely N-dealkylation sites (N-methyl/N-ethyl adjacent to an activating group) is 1. The number of aliphatic imine (C=N–C) groups is 1. The van der Waals surface area contributed by atoms with Crippen molar-refractivity contribution in [2.24, 2.45) is 4.99 Å². The van der Waals surface area contributed by atoms with Gasteiger partial charge in [-0.25, -0.2) is 4.39 Å². The third kappa shape index (κ3) is 8.47. The zero-order valence-corrected chi connectivity index (χ0v) is 21.6. The number of hydrogen-bond acceptors (Lipinski definition) is 4. The summed E-state index contributed by atoms with van der Waals surface area (Å²) in [6, 6.07) is 6.64. The number of piperazine rings is 1. The molecule has 2 unspecified atom stereocenters. The largest absolute Gasteiger partial charge is 0.367 e. The Kier molecular flexibility index (Phi) is 11.5. The van der Waals surface area contributed by atoms with Crippen LogP contribution >= 0.6 is 24.0 Å². The molecule has 0 spiro atoms.